The van der Waals surface area contributed by atoms with Crippen LogP contribution in [0, 0.1) is 40.4 Å². The first-order valence-electron chi connectivity index (χ1n) is 10.1. The summed E-state index contributed by atoms with van der Waals surface area (Å²) < 4.78 is 0.684. The van der Waals surface area contributed by atoms with Crippen LogP contribution in [0.1, 0.15) is 72.1 Å². The Labute approximate surface area is 145 Å². The molecule has 5 fully saturated rings. The molecule has 128 valence electrons. The first-order valence-corrected chi connectivity index (χ1v) is 11.0. The van der Waals surface area contributed by atoms with E-state index in [-0.39, 0.29) is 5.41 Å². The molecule has 0 amide bonds. The Hall–Kier alpha value is 0.0200. The van der Waals surface area contributed by atoms with Crippen molar-refractivity contribution in [2.75, 3.05) is 5.75 Å². The first kappa shape index (κ1) is 15.3. The van der Waals surface area contributed by atoms with Gasteiger partial charge >= 0.3 is 0 Å². The van der Waals surface area contributed by atoms with Crippen molar-refractivity contribution < 1.29 is 4.79 Å². The molecule has 8 atom stereocenters. The average Bonchev–Trinajstić information content (AvgIpc) is 3.22. The highest BCUT2D eigenvalue weighted by molar-refractivity contribution is 8.07. The van der Waals surface area contributed by atoms with Crippen LogP contribution in [0.25, 0.3) is 0 Å². The SMILES string of the molecule is C[C@@H]1C[C@@]2(C)[C@H](CC[C@@H]3[C@@H]2CC[C@]2(C)C(=O)CC[C@@H]32)C[C@]12CS2. The Kier molecular flexibility index (Phi) is 3.05. The van der Waals surface area contributed by atoms with E-state index < -0.39 is 0 Å². The fraction of sp³-hybridized carbons (Fsp3) is 0.952. The zero-order valence-electron chi connectivity index (χ0n) is 15.1. The molecule has 1 nitrogen and oxygen atoms in total. The molecule has 1 saturated heterocycles. The van der Waals surface area contributed by atoms with Crippen molar-refractivity contribution in [2.24, 2.45) is 40.4 Å². The largest absolute Gasteiger partial charge is 0.299 e. The molecule has 4 saturated carbocycles. The van der Waals surface area contributed by atoms with Gasteiger partial charge in [-0.2, -0.15) is 11.8 Å². The number of carbonyl (C=O) groups is 1. The van der Waals surface area contributed by atoms with Crippen LogP contribution in [0.2, 0.25) is 0 Å². The number of carbonyl (C=O) groups excluding carboxylic acids is 1. The minimum Gasteiger partial charge on any atom is -0.299 e. The van der Waals surface area contributed by atoms with E-state index in [1.165, 1.54) is 50.7 Å². The minimum absolute atomic E-state index is 0.0538. The number of Topliss-reactive ketones (excluding diaryl/α,β-unsaturated/α-hetero) is 1. The van der Waals surface area contributed by atoms with Crippen LogP contribution in [-0.2, 0) is 4.79 Å². The van der Waals surface area contributed by atoms with Gasteiger partial charge in [-0.05, 0) is 80.0 Å². The van der Waals surface area contributed by atoms with Crippen LogP contribution in [0.3, 0.4) is 0 Å². The summed E-state index contributed by atoms with van der Waals surface area (Å²) in [4.78, 5) is 12.5. The number of fused-ring (bicyclic) bond motifs is 5. The van der Waals surface area contributed by atoms with Crippen LogP contribution in [0.4, 0.5) is 0 Å². The molecule has 1 heterocycles. The molecule has 2 heteroatoms. The summed E-state index contributed by atoms with van der Waals surface area (Å²) in [5, 5.41) is 0. The third kappa shape index (κ3) is 1.85. The smallest absolute Gasteiger partial charge is 0.139 e. The molecule has 5 aliphatic rings. The van der Waals surface area contributed by atoms with Crippen molar-refractivity contribution in [3.05, 3.63) is 0 Å². The van der Waals surface area contributed by atoms with Gasteiger partial charge in [0.1, 0.15) is 5.78 Å². The fourth-order valence-electron chi connectivity index (χ4n) is 7.92. The summed E-state index contributed by atoms with van der Waals surface area (Å²) >= 11 is 2.25. The van der Waals surface area contributed by atoms with Gasteiger partial charge in [0.05, 0.1) is 0 Å². The van der Waals surface area contributed by atoms with Crippen LogP contribution in [0.5, 0.6) is 0 Å². The van der Waals surface area contributed by atoms with Gasteiger partial charge < -0.3 is 0 Å². The second kappa shape index (κ2) is 4.59. The lowest BCUT2D eigenvalue weighted by molar-refractivity contribution is -0.141. The second-order valence-electron chi connectivity index (χ2n) is 10.2. The summed E-state index contributed by atoms with van der Waals surface area (Å²) in [5.41, 5.74) is 0.627. The number of hydrogen-bond acceptors (Lipinski definition) is 2. The van der Waals surface area contributed by atoms with Gasteiger partial charge in [-0.15, -0.1) is 0 Å². The minimum atomic E-state index is 0.0538. The van der Waals surface area contributed by atoms with Gasteiger partial charge in [-0.25, -0.2) is 0 Å². The normalized spacial score (nSPS) is 61.0. The van der Waals surface area contributed by atoms with Crippen molar-refractivity contribution in [1.82, 2.24) is 0 Å². The molecule has 5 rings (SSSR count). The summed E-state index contributed by atoms with van der Waals surface area (Å²) in [6, 6.07) is 0. The number of hydrogen-bond donors (Lipinski definition) is 0. The van der Waals surface area contributed by atoms with E-state index in [9.17, 15) is 4.79 Å². The summed E-state index contributed by atoms with van der Waals surface area (Å²) in [7, 11) is 0. The van der Waals surface area contributed by atoms with E-state index >= 15 is 0 Å². The lowest BCUT2D eigenvalue weighted by Crippen LogP contribution is -2.55. The van der Waals surface area contributed by atoms with Gasteiger partial charge in [0, 0.05) is 22.3 Å². The Bertz CT molecular complexity index is 552. The molecule has 0 radical (unpaired) electrons. The molecular formula is C21H32OS. The molecule has 23 heavy (non-hydrogen) atoms. The van der Waals surface area contributed by atoms with Gasteiger partial charge in [-0.3, -0.25) is 4.79 Å². The predicted molar refractivity (Wildman–Crippen MR) is 96.5 cm³/mol. The highest BCUT2D eigenvalue weighted by atomic mass is 32.2. The van der Waals surface area contributed by atoms with Gasteiger partial charge in [-0.1, -0.05) is 20.8 Å². The third-order valence-electron chi connectivity index (χ3n) is 9.53. The third-order valence-corrected chi connectivity index (χ3v) is 11.1. The maximum absolute atomic E-state index is 12.5. The zero-order chi connectivity index (χ0) is 16.0. The van der Waals surface area contributed by atoms with E-state index in [0.29, 0.717) is 21.9 Å². The van der Waals surface area contributed by atoms with Crippen molar-refractivity contribution in [3.8, 4) is 0 Å². The molecule has 0 aromatic carbocycles. The number of thioether (sulfide) groups is 1. The van der Waals surface area contributed by atoms with E-state index in [2.05, 4.69) is 32.5 Å². The highest BCUT2D eigenvalue weighted by Crippen LogP contribution is 2.70. The van der Waals surface area contributed by atoms with Crippen molar-refractivity contribution in [2.45, 2.75) is 76.9 Å². The van der Waals surface area contributed by atoms with E-state index in [0.717, 1.165) is 30.1 Å². The fourth-order valence-corrected chi connectivity index (χ4v) is 9.19. The van der Waals surface area contributed by atoms with E-state index in [1.54, 1.807) is 0 Å². The molecule has 0 N–H and O–H groups in total. The Balaban J connectivity index is 1.47. The van der Waals surface area contributed by atoms with Crippen LogP contribution < -0.4 is 0 Å². The van der Waals surface area contributed by atoms with Crippen molar-refractivity contribution >= 4 is 17.5 Å². The molecule has 0 unspecified atom stereocenters. The molecule has 0 bridgehead atoms. The molecule has 0 aromatic heterocycles. The monoisotopic (exact) mass is 332 g/mol. The number of rotatable bonds is 0. The maximum atomic E-state index is 12.5. The standard InChI is InChI=1S/C21H32OS/c1-13-10-20(3)14(11-21(13)12-23-21)4-5-15-16-6-7-18(22)19(16,2)9-8-17(15)20/h13-17H,4-12H2,1-3H3/t13-,14-,15+,16+,17+,19+,20+,21+/m1/s1. The summed E-state index contributed by atoms with van der Waals surface area (Å²) in [5.74, 6) is 6.39. The zero-order valence-corrected chi connectivity index (χ0v) is 15.9. The second-order valence-corrected chi connectivity index (χ2v) is 11.6. The summed E-state index contributed by atoms with van der Waals surface area (Å²) in [6.45, 7) is 7.51. The van der Waals surface area contributed by atoms with Gasteiger partial charge in [0.2, 0.25) is 0 Å². The van der Waals surface area contributed by atoms with Crippen LogP contribution in [0.15, 0.2) is 0 Å². The van der Waals surface area contributed by atoms with Crippen LogP contribution >= 0.6 is 11.8 Å². The molecule has 1 aliphatic heterocycles. The molecule has 0 aromatic rings. The van der Waals surface area contributed by atoms with Crippen molar-refractivity contribution in [3.63, 3.8) is 0 Å². The van der Waals surface area contributed by atoms with Crippen LogP contribution in [-0.4, -0.2) is 16.3 Å². The molecule has 1 spiro atoms. The van der Waals surface area contributed by atoms with E-state index in [4.69, 9.17) is 0 Å². The topological polar surface area (TPSA) is 17.1 Å². The highest BCUT2D eigenvalue weighted by Gasteiger charge is 2.64. The first-order chi connectivity index (χ1) is 10.9. The maximum Gasteiger partial charge on any atom is 0.139 e. The lowest BCUT2D eigenvalue weighted by Gasteiger charge is -2.61. The van der Waals surface area contributed by atoms with Gasteiger partial charge in [0.25, 0.3) is 0 Å². The molecule has 4 aliphatic carbocycles. The molecular weight excluding hydrogens is 300 g/mol. The lowest BCUT2D eigenvalue weighted by atomic mass is 9.43. The predicted octanol–water partition coefficient (Wildman–Crippen LogP) is 5.33. The average molecular weight is 333 g/mol. The Morgan fingerprint density at radius 2 is 1.83 bits per heavy atom. The van der Waals surface area contributed by atoms with Crippen molar-refractivity contribution in [1.29, 1.82) is 0 Å². The van der Waals surface area contributed by atoms with Gasteiger partial charge in [0.15, 0.2) is 0 Å². The summed E-state index contributed by atoms with van der Waals surface area (Å²) in [6.07, 6.45) is 10.4. The number of ketones is 1. The Morgan fingerprint density at radius 3 is 2.57 bits per heavy atom. The quantitative estimate of drug-likeness (QED) is 0.558. The van der Waals surface area contributed by atoms with E-state index in [1.807, 2.05) is 0 Å². The Morgan fingerprint density at radius 1 is 1.04 bits per heavy atom.